The number of carbonyl (C=O) groups is 5. The number of aliphatic hydroxyl groups is 1. The predicted molar refractivity (Wildman–Crippen MR) is 122 cm³/mol. The Morgan fingerprint density at radius 2 is 1.74 bits per heavy atom. The number of amides is 1. The van der Waals surface area contributed by atoms with Crippen LogP contribution in [0.4, 0.5) is 0 Å². The van der Waals surface area contributed by atoms with Gasteiger partial charge in [0.15, 0.2) is 34.7 Å². The highest BCUT2D eigenvalue weighted by Gasteiger charge is 2.66. The summed E-state index contributed by atoms with van der Waals surface area (Å²) in [5, 5.41) is 21.8. The van der Waals surface area contributed by atoms with E-state index in [4.69, 9.17) is 5.73 Å². The monoisotopic (exact) mass is 477 g/mol. The van der Waals surface area contributed by atoms with Crippen LogP contribution in [0, 0.1) is 41.4 Å². The number of hydrogen-bond donors (Lipinski definition) is 3. The Labute approximate surface area is 202 Å². The molecule has 182 valence electrons. The molecule has 5 rings (SSSR count). The number of benzene rings is 1. The molecule has 1 amide bonds. The number of ketones is 4. The average Bonchev–Trinajstić information content (AvgIpc) is 2.81. The maximum Gasteiger partial charge on any atom is 0.235 e. The average molecular weight is 478 g/mol. The third-order valence-electron chi connectivity index (χ3n) is 8.30. The molecule has 4 aliphatic carbocycles. The summed E-state index contributed by atoms with van der Waals surface area (Å²) in [6.07, 6.45) is 5.50. The molecule has 35 heavy (non-hydrogen) atoms. The summed E-state index contributed by atoms with van der Waals surface area (Å²) < 4.78 is 0. The zero-order chi connectivity index (χ0) is 25.1. The van der Waals surface area contributed by atoms with E-state index < -0.39 is 58.3 Å². The van der Waals surface area contributed by atoms with Crippen molar-refractivity contribution in [1.29, 1.82) is 0 Å². The molecule has 5 atom stereocenters. The lowest BCUT2D eigenvalue weighted by Gasteiger charge is -2.48. The van der Waals surface area contributed by atoms with Crippen molar-refractivity contribution in [2.24, 2.45) is 35.3 Å². The van der Waals surface area contributed by atoms with E-state index in [1.54, 1.807) is 6.07 Å². The zero-order valence-corrected chi connectivity index (χ0v) is 19.2. The van der Waals surface area contributed by atoms with Crippen molar-refractivity contribution in [1.82, 2.24) is 0 Å². The van der Waals surface area contributed by atoms with Crippen LogP contribution in [0.2, 0.25) is 0 Å². The molecule has 0 heterocycles. The van der Waals surface area contributed by atoms with Gasteiger partial charge in [0.25, 0.3) is 0 Å². The van der Waals surface area contributed by atoms with Crippen LogP contribution in [0.1, 0.15) is 66.4 Å². The molecule has 1 aromatic rings. The molecule has 0 spiro atoms. The number of aromatic hydroxyl groups is 1. The lowest BCUT2D eigenvalue weighted by atomic mass is 9.53. The minimum atomic E-state index is -2.63. The number of phenolic OH excluding ortho intramolecular Hbond substituents is 1. The van der Waals surface area contributed by atoms with E-state index >= 15 is 0 Å². The molecule has 0 radical (unpaired) electrons. The molecule has 0 saturated heterocycles. The van der Waals surface area contributed by atoms with E-state index in [0.29, 0.717) is 11.1 Å². The van der Waals surface area contributed by atoms with Crippen LogP contribution in [-0.2, 0) is 25.6 Å². The molecule has 3 fully saturated rings. The lowest BCUT2D eigenvalue weighted by Crippen LogP contribution is -2.68. The Hall–Kier alpha value is -3.31. The highest BCUT2D eigenvalue weighted by Crippen LogP contribution is 2.50. The van der Waals surface area contributed by atoms with Crippen molar-refractivity contribution in [3.63, 3.8) is 0 Å². The first-order valence-corrected chi connectivity index (χ1v) is 12.2. The summed E-state index contributed by atoms with van der Waals surface area (Å²) in [5.74, 6) is -3.25. The number of carbonyl (C=O) groups excluding carboxylic acids is 5. The maximum atomic E-state index is 13.5. The van der Waals surface area contributed by atoms with Gasteiger partial charge in [0.2, 0.25) is 5.91 Å². The van der Waals surface area contributed by atoms with Gasteiger partial charge in [-0.2, -0.15) is 0 Å². The van der Waals surface area contributed by atoms with E-state index in [2.05, 4.69) is 11.8 Å². The van der Waals surface area contributed by atoms with Gasteiger partial charge in [-0.1, -0.05) is 31.1 Å². The van der Waals surface area contributed by atoms with Crippen molar-refractivity contribution in [3.8, 4) is 17.6 Å². The van der Waals surface area contributed by atoms with Crippen LogP contribution in [0.25, 0.3) is 0 Å². The molecule has 8 nitrogen and oxygen atoms in total. The molecule has 1 aromatic carbocycles. The van der Waals surface area contributed by atoms with Crippen LogP contribution in [-0.4, -0.2) is 44.9 Å². The van der Waals surface area contributed by atoms with E-state index in [9.17, 15) is 34.2 Å². The van der Waals surface area contributed by atoms with E-state index in [-0.39, 0.29) is 36.5 Å². The molecule has 0 aliphatic heterocycles. The van der Waals surface area contributed by atoms with Crippen LogP contribution in [0.3, 0.4) is 0 Å². The molecular formula is C27H27NO7. The first-order valence-electron chi connectivity index (χ1n) is 12.2. The van der Waals surface area contributed by atoms with Gasteiger partial charge >= 0.3 is 0 Å². The van der Waals surface area contributed by atoms with Gasteiger partial charge < -0.3 is 15.9 Å². The second-order valence-corrected chi connectivity index (χ2v) is 10.3. The number of fused-ring (bicyclic) bond motifs is 3. The number of primary amides is 1. The molecule has 0 aromatic heterocycles. The third kappa shape index (κ3) is 3.52. The van der Waals surface area contributed by atoms with Crippen LogP contribution < -0.4 is 5.73 Å². The summed E-state index contributed by atoms with van der Waals surface area (Å²) in [6.45, 7) is 0. The Morgan fingerprint density at radius 1 is 1.03 bits per heavy atom. The van der Waals surface area contributed by atoms with Crippen LogP contribution in [0.5, 0.6) is 5.75 Å². The van der Waals surface area contributed by atoms with Gasteiger partial charge in [0.1, 0.15) is 5.75 Å². The topological polar surface area (TPSA) is 152 Å². The van der Waals surface area contributed by atoms with E-state index in [1.807, 2.05) is 0 Å². The number of hydrogen-bond acceptors (Lipinski definition) is 7. The summed E-state index contributed by atoms with van der Waals surface area (Å²) in [7, 11) is 0. The third-order valence-corrected chi connectivity index (χ3v) is 8.30. The molecular weight excluding hydrogens is 450 g/mol. The van der Waals surface area contributed by atoms with Crippen molar-refractivity contribution < 1.29 is 34.2 Å². The SMILES string of the molecule is NC(=O)C1C(=O)C[C@@H]2C[C@@H]3Cc4c(C#CC5CCCCC5)ccc(O)c4C(=O)C3C(=O)[C@]2(O)C1=O. The Kier molecular flexibility index (Phi) is 5.64. The fourth-order valence-electron chi connectivity index (χ4n) is 6.51. The smallest absolute Gasteiger partial charge is 0.235 e. The summed E-state index contributed by atoms with van der Waals surface area (Å²) in [6, 6.07) is 3.05. The molecule has 4 aliphatic rings. The summed E-state index contributed by atoms with van der Waals surface area (Å²) >= 11 is 0. The predicted octanol–water partition coefficient (Wildman–Crippen LogP) is 1.26. The Bertz CT molecular complexity index is 1230. The van der Waals surface area contributed by atoms with Gasteiger partial charge in [-0.05, 0) is 49.3 Å². The molecule has 3 saturated carbocycles. The number of Topliss-reactive ketones (excluding diaryl/α,β-unsaturated/α-hetero) is 4. The van der Waals surface area contributed by atoms with Gasteiger partial charge in [-0.3, -0.25) is 24.0 Å². The first kappa shape index (κ1) is 23.4. The van der Waals surface area contributed by atoms with Gasteiger partial charge in [0.05, 0.1) is 11.5 Å². The van der Waals surface area contributed by atoms with Crippen molar-refractivity contribution >= 4 is 29.0 Å². The zero-order valence-electron chi connectivity index (χ0n) is 19.2. The van der Waals surface area contributed by atoms with E-state index in [0.717, 1.165) is 25.7 Å². The molecule has 8 heteroatoms. The van der Waals surface area contributed by atoms with Crippen molar-refractivity contribution in [3.05, 3.63) is 28.8 Å². The summed E-state index contributed by atoms with van der Waals surface area (Å²) in [5.41, 5.74) is 3.73. The minimum Gasteiger partial charge on any atom is -0.507 e. The first-order chi connectivity index (χ1) is 16.6. The number of nitrogens with two attached hydrogens (primary N) is 1. The largest absolute Gasteiger partial charge is 0.507 e. The Balaban J connectivity index is 1.53. The number of phenols is 1. The maximum absolute atomic E-state index is 13.5. The lowest BCUT2D eigenvalue weighted by molar-refractivity contribution is -0.175. The normalized spacial score (nSPS) is 32.7. The molecule has 4 N–H and O–H groups in total. The second kappa shape index (κ2) is 8.42. The standard InChI is InChI=1S/C27H27NO7/c28-26(34)22-19(30)12-16-10-15-11-17-14(7-6-13-4-2-1-3-5-13)8-9-18(29)21(17)23(31)20(15)24(32)27(16,35)25(22)33/h8-9,13,15-16,20,22,29,35H,1-5,10-12H2,(H2,28,34)/t15-,16+,20?,22?,27+/m1/s1. The fourth-order valence-corrected chi connectivity index (χ4v) is 6.51. The van der Waals surface area contributed by atoms with Crippen molar-refractivity contribution in [2.45, 2.75) is 57.0 Å². The fraction of sp³-hybridized carbons (Fsp3) is 0.519. The van der Waals surface area contributed by atoms with E-state index in [1.165, 1.54) is 12.5 Å². The number of rotatable bonds is 1. The second-order valence-electron chi connectivity index (χ2n) is 10.3. The van der Waals surface area contributed by atoms with Crippen LogP contribution >= 0.6 is 0 Å². The van der Waals surface area contributed by atoms with Crippen LogP contribution in [0.15, 0.2) is 12.1 Å². The minimum absolute atomic E-state index is 0.0112. The molecule has 0 bridgehead atoms. The highest BCUT2D eigenvalue weighted by molar-refractivity contribution is 6.31. The van der Waals surface area contributed by atoms with Gasteiger partial charge in [0, 0.05) is 23.8 Å². The Morgan fingerprint density at radius 3 is 2.43 bits per heavy atom. The van der Waals surface area contributed by atoms with Gasteiger partial charge in [-0.15, -0.1) is 0 Å². The summed E-state index contributed by atoms with van der Waals surface area (Å²) in [4.78, 5) is 64.1. The van der Waals surface area contributed by atoms with Gasteiger partial charge in [-0.25, -0.2) is 0 Å². The highest BCUT2D eigenvalue weighted by atomic mass is 16.3. The molecule has 2 unspecified atom stereocenters. The quantitative estimate of drug-likeness (QED) is 0.407. The van der Waals surface area contributed by atoms with Crippen molar-refractivity contribution in [2.75, 3.05) is 0 Å².